The Morgan fingerprint density at radius 2 is 2.31 bits per heavy atom. The molecule has 0 saturated carbocycles. The molecule has 0 aliphatic heterocycles. The fourth-order valence-electron chi connectivity index (χ4n) is 1.55. The molecule has 16 heavy (non-hydrogen) atoms. The van der Waals surface area contributed by atoms with Crippen molar-refractivity contribution in [1.29, 1.82) is 0 Å². The van der Waals surface area contributed by atoms with Crippen LogP contribution in [0.4, 0.5) is 0 Å². The zero-order valence-electron chi connectivity index (χ0n) is 8.36. The summed E-state index contributed by atoms with van der Waals surface area (Å²) in [5, 5.41) is 8.91. The number of pyridine rings is 1. The van der Waals surface area contributed by atoms with Crippen molar-refractivity contribution >= 4 is 39.1 Å². The Bertz CT molecular complexity index is 629. The molecule has 2 rings (SSSR count). The highest BCUT2D eigenvalue weighted by Crippen LogP contribution is 2.27. The van der Waals surface area contributed by atoms with Gasteiger partial charge in [0.15, 0.2) is 0 Å². The van der Waals surface area contributed by atoms with Crippen molar-refractivity contribution in [2.45, 2.75) is 13.5 Å². The van der Waals surface area contributed by atoms with Gasteiger partial charge in [-0.1, -0.05) is 11.6 Å². The zero-order chi connectivity index (χ0) is 11.9. The summed E-state index contributed by atoms with van der Waals surface area (Å²) >= 11 is 6.94. The number of fused-ring (bicyclic) bond motifs is 1. The molecule has 0 bridgehead atoms. The van der Waals surface area contributed by atoms with E-state index >= 15 is 0 Å². The average Bonchev–Trinajstić information content (AvgIpc) is 2.60. The van der Waals surface area contributed by atoms with Crippen LogP contribution in [0.1, 0.15) is 17.3 Å². The minimum absolute atomic E-state index is 0.215. The van der Waals surface area contributed by atoms with Crippen molar-refractivity contribution in [2.75, 3.05) is 0 Å². The van der Waals surface area contributed by atoms with E-state index in [4.69, 9.17) is 16.7 Å². The van der Waals surface area contributed by atoms with Gasteiger partial charge in [0, 0.05) is 12.7 Å². The Balaban J connectivity index is 2.93. The van der Waals surface area contributed by atoms with Gasteiger partial charge >= 0.3 is 5.97 Å². The fraction of sp³-hybridized carbons (Fsp3) is 0.200. The number of rotatable bonds is 2. The van der Waals surface area contributed by atoms with E-state index in [0.29, 0.717) is 21.1 Å². The van der Waals surface area contributed by atoms with Gasteiger partial charge in [-0.2, -0.15) is 0 Å². The van der Waals surface area contributed by atoms with Crippen LogP contribution in [0, 0.1) is 0 Å². The molecule has 0 radical (unpaired) electrons. The van der Waals surface area contributed by atoms with Crippen LogP contribution in [0.25, 0.3) is 10.2 Å². The Morgan fingerprint density at radius 1 is 1.62 bits per heavy atom. The third-order valence-electron chi connectivity index (χ3n) is 2.30. The van der Waals surface area contributed by atoms with Gasteiger partial charge in [0.25, 0.3) is 0 Å². The SMILES string of the molecule is CCn1cc(C(=O)O)c(=O)c2sc(Cl)cc21. The molecule has 0 amide bonds. The maximum atomic E-state index is 11.8. The Hall–Kier alpha value is -1.33. The van der Waals surface area contributed by atoms with Gasteiger partial charge in [0.2, 0.25) is 5.43 Å². The lowest BCUT2D eigenvalue weighted by molar-refractivity contribution is 0.0695. The molecule has 84 valence electrons. The first-order valence-corrected chi connectivity index (χ1v) is 5.79. The van der Waals surface area contributed by atoms with Crippen molar-refractivity contribution in [3.05, 3.63) is 32.4 Å². The summed E-state index contributed by atoms with van der Waals surface area (Å²) in [6.07, 6.45) is 1.36. The van der Waals surface area contributed by atoms with Gasteiger partial charge in [-0.3, -0.25) is 4.79 Å². The van der Waals surface area contributed by atoms with E-state index in [-0.39, 0.29) is 5.56 Å². The smallest absolute Gasteiger partial charge is 0.341 e. The van der Waals surface area contributed by atoms with Crippen molar-refractivity contribution < 1.29 is 9.90 Å². The predicted molar refractivity (Wildman–Crippen MR) is 63.7 cm³/mol. The summed E-state index contributed by atoms with van der Waals surface area (Å²) in [6.45, 7) is 2.46. The van der Waals surface area contributed by atoms with Gasteiger partial charge in [-0.25, -0.2) is 4.79 Å². The van der Waals surface area contributed by atoms with E-state index in [0.717, 1.165) is 11.3 Å². The van der Waals surface area contributed by atoms with Crippen LogP contribution in [-0.2, 0) is 6.54 Å². The molecular formula is C10H8ClNO3S. The maximum Gasteiger partial charge on any atom is 0.341 e. The maximum absolute atomic E-state index is 11.8. The number of thiophene rings is 1. The second-order valence-corrected chi connectivity index (χ2v) is 4.91. The van der Waals surface area contributed by atoms with Gasteiger partial charge in [0.05, 0.1) is 9.85 Å². The van der Waals surface area contributed by atoms with E-state index in [9.17, 15) is 9.59 Å². The van der Waals surface area contributed by atoms with E-state index in [2.05, 4.69) is 0 Å². The van der Waals surface area contributed by atoms with Crippen LogP contribution >= 0.6 is 22.9 Å². The minimum Gasteiger partial charge on any atom is -0.477 e. The summed E-state index contributed by atoms with van der Waals surface area (Å²) in [5.41, 5.74) is 0.00414. The molecule has 0 unspecified atom stereocenters. The summed E-state index contributed by atoms with van der Waals surface area (Å²) in [6, 6.07) is 1.68. The molecule has 0 atom stereocenters. The number of halogens is 1. The number of hydrogen-bond donors (Lipinski definition) is 1. The normalized spacial score (nSPS) is 10.9. The quantitative estimate of drug-likeness (QED) is 0.899. The average molecular weight is 258 g/mol. The molecule has 0 fully saturated rings. The fourth-order valence-corrected chi connectivity index (χ4v) is 2.73. The molecule has 0 saturated heterocycles. The lowest BCUT2D eigenvalue weighted by Crippen LogP contribution is -2.17. The highest BCUT2D eigenvalue weighted by atomic mass is 35.5. The van der Waals surface area contributed by atoms with Crippen LogP contribution < -0.4 is 5.43 Å². The van der Waals surface area contributed by atoms with Gasteiger partial charge in [-0.15, -0.1) is 11.3 Å². The van der Waals surface area contributed by atoms with E-state index in [1.165, 1.54) is 6.20 Å². The second-order valence-electron chi connectivity index (χ2n) is 3.23. The first kappa shape index (κ1) is 11.2. The molecule has 4 nitrogen and oxygen atoms in total. The van der Waals surface area contributed by atoms with Gasteiger partial charge < -0.3 is 9.67 Å². The number of aromatic nitrogens is 1. The number of nitrogens with zero attached hydrogens (tertiary/aromatic N) is 1. The Morgan fingerprint density at radius 3 is 2.88 bits per heavy atom. The number of aromatic carboxylic acids is 1. The number of carboxylic acids is 1. The highest BCUT2D eigenvalue weighted by molar-refractivity contribution is 7.22. The molecule has 2 heterocycles. The predicted octanol–water partition coefficient (Wildman–Crippen LogP) is 2.43. The van der Waals surface area contributed by atoms with Crippen molar-refractivity contribution in [1.82, 2.24) is 4.57 Å². The molecule has 0 aromatic carbocycles. The lowest BCUT2D eigenvalue weighted by Gasteiger charge is -2.05. The van der Waals surface area contributed by atoms with E-state index in [1.54, 1.807) is 10.6 Å². The van der Waals surface area contributed by atoms with Crippen LogP contribution in [-0.4, -0.2) is 15.6 Å². The minimum atomic E-state index is -1.21. The number of carbonyl (C=O) groups is 1. The molecular weight excluding hydrogens is 250 g/mol. The van der Waals surface area contributed by atoms with Gasteiger partial charge in [0.1, 0.15) is 10.3 Å². The first-order chi connectivity index (χ1) is 7.54. The largest absolute Gasteiger partial charge is 0.477 e. The topological polar surface area (TPSA) is 59.3 Å². The lowest BCUT2D eigenvalue weighted by atomic mass is 10.2. The number of aryl methyl sites for hydroxylation is 1. The van der Waals surface area contributed by atoms with Crippen LogP contribution in [0.2, 0.25) is 4.34 Å². The molecule has 0 aliphatic carbocycles. The van der Waals surface area contributed by atoms with Gasteiger partial charge in [-0.05, 0) is 13.0 Å². The Kier molecular flexibility index (Phi) is 2.73. The summed E-state index contributed by atoms with van der Waals surface area (Å²) in [5.74, 6) is -1.21. The van der Waals surface area contributed by atoms with Crippen molar-refractivity contribution in [2.24, 2.45) is 0 Å². The molecule has 2 aromatic heterocycles. The zero-order valence-corrected chi connectivity index (χ0v) is 9.93. The van der Waals surface area contributed by atoms with Crippen molar-refractivity contribution in [3.8, 4) is 0 Å². The Labute approximate surface area is 99.7 Å². The molecule has 0 spiro atoms. The second kappa shape index (κ2) is 3.92. The number of hydrogen-bond acceptors (Lipinski definition) is 3. The summed E-state index contributed by atoms with van der Waals surface area (Å²) < 4.78 is 2.59. The third-order valence-corrected chi connectivity index (χ3v) is 3.55. The van der Waals surface area contributed by atoms with E-state index in [1.807, 2.05) is 6.92 Å². The van der Waals surface area contributed by atoms with Crippen LogP contribution in [0.5, 0.6) is 0 Å². The molecule has 6 heteroatoms. The summed E-state index contributed by atoms with van der Waals surface area (Å²) in [7, 11) is 0. The molecule has 2 aromatic rings. The van der Waals surface area contributed by atoms with E-state index < -0.39 is 11.4 Å². The highest BCUT2D eigenvalue weighted by Gasteiger charge is 2.15. The monoisotopic (exact) mass is 257 g/mol. The van der Waals surface area contributed by atoms with Crippen LogP contribution in [0.15, 0.2) is 17.1 Å². The van der Waals surface area contributed by atoms with Crippen LogP contribution in [0.3, 0.4) is 0 Å². The molecule has 0 aliphatic rings. The summed E-state index contributed by atoms with van der Waals surface area (Å²) in [4.78, 5) is 22.7. The number of carboxylic acid groups (broad SMARTS) is 1. The third kappa shape index (κ3) is 1.62. The van der Waals surface area contributed by atoms with Crippen molar-refractivity contribution in [3.63, 3.8) is 0 Å². The first-order valence-electron chi connectivity index (χ1n) is 4.60. The standard InChI is InChI=1S/C10H8ClNO3S/c1-2-12-4-5(10(14)15)8(13)9-6(12)3-7(11)16-9/h3-4H,2H2,1H3,(H,14,15). The molecule has 1 N–H and O–H groups in total.